The van der Waals surface area contributed by atoms with E-state index < -0.39 is 20.7 Å². The van der Waals surface area contributed by atoms with Crippen LogP contribution in [0.1, 0.15) is 33.6 Å². The highest BCUT2D eigenvalue weighted by Crippen LogP contribution is 2.26. The number of nitrogens with zero attached hydrogens (tertiary/aromatic N) is 2. The van der Waals surface area contributed by atoms with Gasteiger partial charge in [-0.3, -0.25) is 0 Å². The van der Waals surface area contributed by atoms with E-state index in [1.165, 1.54) is 0 Å². The first-order valence-corrected chi connectivity index (χ1v) is 10.0. The molecular weight excluding hydrogens is 340 g/mol. The Morgan fingerprint density at radius 2 is 1.64 bits per heavy atom. The van der Waals surface area contributed by atoms with Crippen LogP contribution in [-0.2, 0) is 14.6 Å². The Balaban J connectivity index is 2.02. The summed E-state index contributed by atoms with van der Waals surface area (Å²) in [5.41, 5.74) is 0.410. The Bertz CT molecular complexity index is 698. The molecule has 0 aromatic heterocycles. The van der Waals surface area contributed by atoms with Crippen molar-refractivity contribution >= 4 is 21.6 Å². The molecule has 1 aliphatic rings. The molecule has 1 saturated heterocycles. The van der Waals surface area contributed by atoms with Crippen LogP contribution in [-0.4, -0.2) is 57.4 Å². The lowest BCUT2D eigenvalue weighted by atomic mass is 10.1. The number of hydrogen-bond donors (Lipinski definition) is 0. The minimum absolute atomic E-state index is 0.341. The van der Waals surface area contributed by atoms with E-state index in [0.717, 1.165) is 5.69 Å². The van der Waals surface area contributed by atoms with Crippen LogP contribution in [0.25, 0.3) is 0 Å². The van der Waals surface area contributed by atoms with Crippen LogP contribution in [0.4, 0.5) is 10.5 Å². The Hall–Kier alpha value is -1.76. The molecular formula is C18H28N2O4S. The van der Waals surface area contributed by atoms with Gasteiger partial charge in [0.15, 0.2) is 9.84 Å². The van der Waals surface area contributed by atoms with Crippen molar-refractivity contribution in [1.29, 1.82) is 0 Å². The van der Waals surface area contributed by atoms with Crippen LogP contribution in [0.15, 0.2) is 29.2 Å². The van der Waals surface area contributed by atoms with E-state index in [-0.39, 0.29) is 6.09 Å². The fourth-order valence-corrected chi connectivity index (χ4v) is 4.53. The Kier molecular flexibility index (Phi) is 5.66. The molecule has 0 unspecified atom stereocenters. The number of benzene rings is 1. The summed E-state index contributed by atoms with van der Waals surface area (Å²) in [5.74, 6) is 0. The van der Waals surface area contributed by atoms with Gasteiger partial charge in [-0.05, 0) is 57.9 Å². The van der Waals surface area contributed by atoms with Crippen molar-refractivity contribution in [2.45, 2.75) is 49.4 Å². The molecule has 1 aromatic carbocycles. The van der Waals surface area contributed by atoms with Crippen molar-refractivity contribution in [3.63, 3.8) is 0 Å². The lowest BCUT2D eigenvalue weighted by molar-refractivity contribution is 0.0217. The number of anilines is 1. The minimum Gasteiger partial charge on any atom is -0.444 e. The number of carbonyl (C=O) groups excluding carboxylic acids is 1. The smallest absolute Gasteiger partial charge is 0.410 e. The molecule has 2 rings (SSSR count). The number of piperidine rings is 1. The second-order valence-corrected chi connectivity index (χ2v) is 9.83. The molecule has 1 amide bonds. The molecule has 0 aliphatic carbocycles. The molecule has 0 spiro atoms. The van der Waals surface area contributed by atoms with Gasteiger partial charge in [0.05, 0.1) is 10.1 Å². The number of carbonyl (C=O) groups is 1. The molecule has 0 bridgehead atoms. The molecule has 0 radical (unpaired) electrons. The van der Waals surface area contributed by atoms with Crippen LogP contribution in [0.5, 0.6) is 0 Å². The summed E-state index contributed by atoms with van der Waals surface area (Å²) in [6.45, 7) is 6.25. The number of amides is 1. The second-order valence-electron chi connectivity index (χ2n) is 7.60. The molecule has 1 aliphatic heterocycles. The molecule has 1 heterocycles. The predicted molar refractivity (Wildman–Crippen MR) is 98.8 cm³/mol. The highest BCUT2D eigenvalue weighted by Gasteiger charge is 2.34. The van der Waals surface area contributed by atoms with Gasteiger partial charge in [0.25, 0.3) is 0 Å². The standard InChI is InChI=1S/C18H28N2O4S/c1-18(2,3)24-17(21)20-12-10-16(11-13-20)25(22,23)15-8-6-14(7-9-15)19(4)5/h6-9,16H,10-13H2,1-5H3. The summed E-state index contributed by atoms with van der Waals surface area (Å²) >= 11 is 0. The van der Waals surface area contributed by atoms with E-state index in [1.54, 1.807) is 17.0 Å². The van der Waals surface area contributed by atoms with Crippen molar-refractivity contribution < 1.29 is 17.9 Å². The average molecular weight is 368 g/mol. The first-order chi connectivity index (χ1) is 11.5. The molecule has 1 fully saturated rings. The van der Waals surface area contributed by atoms with Crippen molar-refractivity contribution in [3.8, 4) is 0 Å². The van der Waals surface area contributed by atoms with Gasteiger partial charge in [0, 0.05) is 32.9 Å². The summed E-state index contributed by atoms with van der Waals surface area (Å²) in [7, 11) is 0.439. The highest BCUT2D eigenvalue weighted by atomic mass is 32.2. The number of rotatable bonds is 3. The van der Waals surface area contributed by atoms with Gasteiger partial charge >= 0.3 is 6.09 Å². The van der Waals surface area contributed by atoms with Gasteiger partial charge in [-0.1, -0.05) is 0 Å². The molecule has 0 saturated carbocycles. The number of likely N-dealkylation sites (tertiary alicyclic amines) is 1. The normalized spacial score (nSPS) is 16.6. The van der Waals surface area contributed by atoms with Crippen molar-refractivity contribution in [2.75, 3.05) is 32.1 Å². The van der Waals surface area contributed by atoms with E-state index in [4.69, 9.17) is 4.74 Å². The Labute approximate surface area is 150 Å². The van der Waals surface area contributed by atoms with Crippen LogP contribution < -0.4 is 4.90 Å². The minimum atomic E-state index is -3.39. The first-order valence-electron chi connectivity index (χ1n) is 8.50. The van der Waals surface area contributed by atoms with Crippen molar-refractivity contribution in [3.05, 3.63) is 24.3 Å². The zero-order valence-electron chi connectivity index (χ0n) is 15.7. The van der Waals surface area contributed by atoms with E-state index in [1.807, 2.05) is 51.9 Å². The van der Waals surface area contributed by atoms with Gasteiger partial charge in [0.1, 0.15) is 5.60 Å². The van der Waals surface area contributed by atoms with Gasteiger partial charge in [-0.15, -0.1) is 0 Å². The van der Waals surface area contributed by atoms with Gasteiger partial charge in [-0.2, -0.15) is 0 Å². The van der Waals surface area contributed by atoms with Gasteiger partial charge in [0.2, 0.25) is 0 Å². The Morgan fingerprint density at radius 1 is 1.12 bits per heavy atom. The van der Waals surface area contributed by atoms with E-state index in [0.29, 0.717) is 30.8 Å². The summed E-state index contributed by atoms with van der Waals surface area (Å²) in [6, 6.07) is 6.93. The van der Waals surface area contributed by atoms with Crippen LogP contribution >= 0.6 is 0 Å². The summed E-state index contributed by atoms with van der Waals surface area (Å²) in [5, 5.41) is -0.462. The molecule has 7 heteroatoms. The number of hydrogen-bond acceptors (Lipinski definition) is 5. The Morgan fingerprint density at radius 3 is 2.08 bits per heavy atom. The fourth-order valence-electron chi connectivity index (χ4n) is 2.80. The van der Waals surface area contributed by atoms with Crippen molar-refractivity contribution in [2.24, 2.45) is 0 Å². The quantitative estimate of drug-likeness (QED) is 0.821. The van der Waals surface area contributed by atoms with Crippen LogP contribution in [0.2, 0.25) is 0 Å². The molecule has 25 heavy (non-hydrogen) atoms. The largest absolute Gasteiger partial charge is 0.444 e. The molecule has 140 valence electrons. The van der Waals surface area contributed by atoms with Gasteiger partial charge < -0.3 is 14.5 Å². The number of ether oxygens (including phenoxy) is 1. The monoisotopic (exact) mass is 368 g/mol. The third-order valence-corrected chi connectivity index (χ3v) is 6.49. The van der Waals surface area contributed by atoms with E-state index in [2.05, 4.69) is 0 Å². The summed E-state index contributed by atoms with van der Waals surface area (Å²) in [4.78, 5) is 15.9. The third kappa shape index (κ3) is 4.87. The molecule has 0 atom stereocenters. The zero-order chi connectivity index (χ0) is 18.8. The molecule has 0 N–H and O–H groups in total. The lowest BCUT2D eigenvalue weighted by Gasteiger charge is -2.33. The summed E-state index contributed by atoms with van der Waals surface area (Å²) < 4.78 is 31.0. The lowest BCUT2D eigenvalue weighted by Crippen LogP contribution is -2.44. The van der Waals surface area contributed by atoms with E-state index >= 15 is 0 Å². The van der Waals surface area contributed by atoms with E-state index in [9.17, 15) is 13.2 Å². The zero-order valence-corrected chi connectivity index (χ0v) is 16.5. The predicted octanol–water partition coefficient (Wildman–Crippen LogP) is 2.93. The summed E-state index contributed by atoms with van der Waals surface area (Å²) in [6.07, 6.45) is 0.479. The number of sulfone groups is 1. The first kappa shape index (κ1) is 19.6. The SMILES string of the molecule is CN(C)c1ccc(S(=O)(=O)C2CCN(C(=O)OC(C)(C)C)CC2)cc1. The van der Waals surface area contributed by atoms with Crippen LogP contribution in [0.3, 0.4) is 0 Å². The maximum absolute atomic E-state index is 12.8. The van der Waals surface area contributed by atoms with Crippen LogP contribution in [0, 0.1) is 0 Å². The highest BCUT2D eigenvalue weighted by molar-refractivity contribution is 7.92. The molecule has 1 aromatic rings. The fraction of sp³-hybridized carbons (Fsp3) is 0.611. The van der Waals surface area contributed by atoms with Crippen molar-refractivity contribution in [1.82, 2.24) is 4.90 Å². The topological polar surface area (TPSA) is 66.9 Å². The maximum atomic E-state index is 12.8. The van der Waals surface area contributed by atoms with Gasteiger partial charge in [-0.25, -0.2) is 13.2 Å². The third-order valence-electron chi connectivity index (χ3n) is 4.21. The second kappa shape index (κ2) is 7.23. The average Bonchev–Trinajstić information content (AvgIpc) is 2.53. The maximum Gasteiger partial charge on any atom is 0.410 e. The molecule has 6 nitrogen and oxygen atoms in total.